The van der Waals surface area contributed by atoms with Gasteiger partial charge in [0.2, 0.25) is 0 Å². The van der Waals surface area contributed by atoms with E-state index in [-0.39, 0.29) is 0 Å². The average molecular weight is 428 g/mol. The minimum Gasteiger partial charge on any atom is -0.480 e. The molecule has 7 N–H and O–H groups in total. The minimum absolute atomic E-state index is 0.391. The van der Waals surface area contributed by atoms with E-state index in [0.29, 0.717) is 41.4 Å². The van der Waals surface area contributed by atoms with Crippen LogP contribution in [-0.4, -0.2) is 29.9 Å². The van der Waals surface area contributed by atoms with Crippen LogP contribution in [0.15, 0.2) is 48.5 Å². The highest BCUT2D eigenvalue weighted by Gasteiger charge is 2.09. The van der Waals surface area contributed by atoms with Crippen molar-refractivity contribution in [3.05, 3.63) is 69.7 Å². The number of aldehydes is 1. The number of carboxylic acid groups (broad SMARTS) is 1. The summed E-state index contributed by atoms with van der Waals surface area (Å²) >= 11 is 11.2. The minimum atomic E-state index is -0.933. The van der Waals surface area contributed by atoms with E-state index in [0.717, 1.165) is 12.8 Å². The van der Waals surface area contributed by atoms with Crippen molar-refractivity contribution in [2.45, 2.75) is 31.8 Å². The summed E-state index contributed by atoms with van der Waals surface area (Å²) in [4.78, 5) is 20.3. The Kier molecular flexibility index (Phi) is 14.9. The topological polar surface area (TPSA) is 132 Å². The number of carbonyl (C=O) groups excluding carboxylic acids is 1. The first kappa shape index (κ1) is 26.0. The lowest BCUT2D eigenvalue weighted by Crippen LogP contribution is -2.29. The molecule has 1 atom stereocenters. The molecule has 0 heterocycles. The van der Waals surface area contributed by atoms with Gasteiger partial charge in [0.25, 0.3) is 0 Å². The van der Waals surface area contributed by atoms with E-state index in [1.165, 1.54) is 11.6 Å². The second kappa shape index (κ2) is 16.0. The van der Waals surface area contributed by atoms with Crippen LogP contribution in [0, 0.1) is 0 Å². The molecular weight excluding hydrogens is 401 g/mol. The zero-order valence-corrected chi connectivity index (χ0v) is 17.1. The molecule has 0 radical (unpaired) electrons. The number of halogens is 2. The first-order valence-electron chi connectivity index (χ1n) is 8.68. The van der Waals surface area contributed by atoms with Gasteiger partial charge in [-0.05, 0) is 43.1 Å². The van der Waals surface area contributed by atoms with Crippen molar-refractivity contribution in [3.63, 3.8) is 0 Å². The van der Waals surface area contributed by atoms with Crippen molar-refractivity contribution in [1.29, 1.82) is 0 Å². The Morgan fingerprint density at radius 3 is 2.14 bits per heavy atom. The molecule has 28 heavy (non-hydrogen) atoms. The predicted molar refractivity (Wildman–Crippen MR) is 115 cm³/mol. The number of hydrogen-bond acceptors (Lipinski definition) is 5. The van der Waals surface area contributed by atoms with E-state index in [1.54, 1.807) is 12.1 Å². The second-order valence-corrected chi connectivity index (χ2v) is 6.55. The SMILES string of the molecule is NCCCC[C@H](N)C(=O)O.NCc1ccccc1.O=Cc1ccc(Cl)cc1Cl. The Morgan fingerprint density at radius 1 is 1.07 bits per heavy atom. The lowest BCUT2D eigenvalue weighted by atomic mass is 10.1. The third-order valence-corrected chi connectivity index (χ3v) is 4.02. The van der Waals surface area contributed by atoms with Gasteiger partial charge in [-0.15, -0.1) is 0 Å². The van der Waals surface area contributed by atoms with Crippen molar-refractivity contribution < 1.29 is 14.7 Å². The van der Waals surface area contributed by atoms with E-state index in [9.17, 15) is 9.59 Å². The molecular formula is C20H27Cl2N3O3. The molecule has 0 aliphatic rings. The number of unbranched alkanes of at least 4 members (excludes halogenated alkanes) is 1. The maximum atomic E-state index is 10.2. The molecule has 2 aromatic carbocycles. The van der Waals surface area contributed by atoms with Gasteiger partial charge in [0.15, 0.2) is 6.29 Å². The van der Waals surface area contributed by atoms with Crippen LogP contribution < -0.4 is 17.2 Å². The summed E-state index contributed by atoms with van der Waals surface area (Å²) in [5.41, 5.74) is 17.4. The second-order valence-electron chi connectivity index (χ2n) is 5.70. The quantitative estimate of drug-likeness (QED) is 0.394. The van der Waals surface area contributed by atoms with Gasteiger partial charge >= 0.3 is 5.97 Å². The molecule has 0 spiro atoms. The molecule has 0 amide bonds. The van der Waals surface area contributed by atoms with Crippen LogP contribution in [0.3, 0.4) is 0 Å². The maximum Gasteiger partial charge on any atom is 0.320 e. The van der Waals surface area contributed by atoms with Gasteiger partial charge in [0.1, 0.15) is 6.04 Å². The number of aliphatic carboxylic acids is 1. The van der Waals surface area contributed by atoms with E-state index in [2.05, 4.69) is 0 Å². The molecule has 2 aromatic rings. The fourth-order valence-corrected chi connectivity index (χ4v) is 2.30. The smallest absolute Gasteiger partial charge is 0.320 e. The number of benzene rings is 2. The molecule has 0 saturated heterocycles. The largest absolute Gasteiger partial charge is 0.480 e. The molecule has 0 aromatic heterocycles. The highest BCUT2D eigenvalue weighted by atomic mass is 35.5. The number of rotatable bonds is 7. The summed E-state index contributed by atoms with van der Waals surface area (Å²) < 4.78 is 0. The Bertz CT molecular complexity index is 700. The molecule has 8 heteroatoms. The molecule has 0 saturated carbocycles. The standard InChI is InChI=1S/C7H4Cl2O.C7H9N.C6H14N2O2/c8-6-2-1-5(4-10)7(9)3-6;8-6-7-4-2-1-3-5-7;7-4-2-1-3-5(8)6(9)10/h1-4H;1-5H,6,8H2;5H,1-4,7-8H2,(H,9,10)/t;;5-/m..0/s1. The predicted octanol–water partition coefficient (Wildman–Crippen LogP) is 3.48. The first-order chi connectivity index (χ1) is 13.3. The van der Waals surface area contributed by atoms with Gasteiger partial charge < -0.3 is 22.3 Å². The molecule has 154 valence electrons. The molecule has 0 bridgehead atoms. The van der Waals surface area contributed by atoms with E-state index >= 15 is 0 Å². The first-order valence-corrected chi connectivity index (χ1v) is 9.44. The third kappa shape index (κ3) is 12.4. The third-order valence-electron chi connectivity index (χ3n) is 3.45. The van der Waals surface area contributed by atoms with Crippen molar-refractivity contribution in [3.8, 4) is 0 Å². The molecule has 0 aliphatic heterocycles. The molecule has 2 rings (SSSR count). The highest BCUT2D eigenvalue weighted by Crippen LogP contribution is 2.18. The van der Waals surface area contributed by atoms with Crippen LogP contribution in [0.1, 0.15) is 35.2 Å². The van der Waals surface area contributed by atoms with E-state index in [1.807, 2.05) is 30.3 Å². The summed E-state index contributed by atoms with van der Waals surface area (Å²) in [6, 6.07) is 14.0. The molecule has 0 aliphatic carbocycles. The van der Waals surface area contributed by atoms with Crippen molar-refractivity contribution in [1.82, 2.24) is 0 Å². The highest BCUT2D eigenvalue weighted by molar-refractivity contribution is 6.36. The maximum absolute atomic E-state index is 10.2. The summed E-state index contributed by atoms with van der Waals surface area (Å²) in [6.07, 6.45) is 2.86. The summed E-state index contributed by atoms with van der Waals surface area (Å²) in [5, 5.41) is 9.25. The number of nitrogens with two attached hydrogens (primary N) is 3. The summed E-state index contributed by atoms with van der Waals surface area (Å²) in [7, 11) is 0. The monoisotopic (exact) mass is 427 g/mol. The lowest BCUT2D eigenvalue weighted by Gasteiger charge is -2.03. The fourth-order valence-electron chi connectivity index (χ4n) is 1.84. The van der Waals surface area contributed by atoms with Crippen molar-refractivity contribution >= 4 is 35.5 Å². The van der Waals surface area contributed by atoms with Gasteiger partial charge in [0.05, 0.1) is 5.02 Å². The van der Waals surface area contributed by atoms with Crippen LogP contribution in [0.5, 0.6) is 0 Å². The van der Waals surface area contributed by atoms with Gasteiger partial charge in [-0.1, -0.05) is 60.0 Å². The lowest BCUT2D eigenvalue weighted by molar-refractivity contribution is -0.138. The average Bonchev–Trinajstić information content (AvgIpc) is 2.69. The fraction of sp³-hybridized carbons (Fsp3) is 0.300. The summed E-state index contributed by atoms with van der Waals surface area (Å²) in [6.45, 7) is 1.24. The van der Waals surface area contributed by atoms with Crippen LogP contribution in [0.2, 0.25) is 10.0 Å². The Balaban J connectivity index is 0.000000393. The number of carbonyl (C=O) groups is 2. The van der Waals surface area contributed by atoms with Crippen LogP contribution in [0.4, 0.5) is 0 Å². The van der Waals surface area contributed by atoms with E-state index < -0.39 is 12.0 Å². The normalized spacial score (nSPS) is 10.6. The van der Waals surface area contributed by atoms with Gasteiger partial charge in [-0.3, -0.25) is 9.59 Å². The molecule has 6 nitrogen and oxygen atoms in total. The van der Waals surface area contributed by atoms with Gasteiger partial charge in [-0.25, -0.2) is 0 Å². The molecule has 0 unspecified atom stereocenters. The van der Waals surface area contributed by atoms with Gasteiger partial charge in [-0.2, -0.15) is 0 Å². The Morgan fingerprint density at radius 2 is 1.71 bits per heavy atom. The zero-order valence-electron chi connectivity index (χ0n) is 15.6. The van der Waals surface area contributed by atoms with Crippen LogP contribution in [0.25, 0.3) is 0 Å². The Labute approximate surface area is 175 Å². The summed E-state index contributed by atoms with van der Waals surface area (Å²) in [5.74, 6) is -0.933. The number of hydrogen-bond donors (Lipinski definition) is 4. The zero-order chi connectivity index (χ0) is 21.4. The van der Waals surface area contributed by atoms with Crippen molar-refractivity contribution in [2.24, 2.45) is 17.2 Å². The van der Waals surface area contributed by atoms with Crippen molar-refractivity contribution in [2.75, 3.05) is 6.54 Å². The van der Waals surface area contributed by atoms with Gasteiger partial charge in [0, 0.05) is 17.1 Å². The van der Waals surface area contributed by atoms with E-state index in [4.69, 9.17) is 45.5 Å². The van der Waals surface area contributed by atoms with Crippen LogP contribution in [-0.2, 0) is 11.3 Å². The molecule has 0 fully saturated rings. The Hall–Kier alpha value is -1.96. The van der Waals surface area contributed by atoms with Crippen LogP contribution >= 0.6 is 23.2 Å². The number of carboxylic acids is 1.